The Morgan fingerprint density at radius 3 is 2.59 bits per heavy atom. The molecule has 0 aromatic heterocycles. The molecule has 0 unspecified atom stereocenters. The van der Waals surface area contributed by atoms with Crippen LogP contribution in [-0.2, 0) is 19.6 Å². The molecule has 1 atom stereocenters. The molecule has 1 aromatic rings. The predicted molar refractivity (Wildman–Crippen MR) is 80.4 cm³/mol. The molecule has 1 heterocycles. The number of amides is 2. The summed E-state index contributed by atoms with van der Waals surface area (Å²) in [6.07, 6.45) is 1.86. The zero-order chi connectivity index (χ0) is 16.5. The van der Waals surface area contributed by atoms with Crippen molar-refractivity contribution in [3.8, 4) is 0 Å². The molecule has 2 amide bonds. The first-order valence-corrected chi connectivity index (χ1v) is 8.17. The van der Waals surface area contributed by atoms with Gasteiger partial charge in [0.15, 0.2) is 0 Å². The van der Waals surface area contributed by atoms with Gasteiger partial charge < -0.3 is 11.1 Å². The minimum atomic E-state index is -4.09. The number of hydrogen-bond donors (Lipinski definition) is 2. The fourth-order valence-corrected chi connectivity index (χ4v) is 3.73. The Labute approximate surface area is 136 Å². The number of nitrogens with zero attached hydrogens (tertiary/aromatic N) is 1. The van der Waals surface area contributed by atoms with Crippen LogP contribution in [0, 0.1) is 0 Å². The van der Waals surface area contributed by atoms with Crippen molar-refractivity contribution in [1.29, 1.82) is 0 Å². The van der Waals surface area contributed by atoms with E-state index in [2.05, 4.69) is 5.32 Å². The number of primary amides is 1. The van der Waals surface area contributed by atoms with Gasteiger partial charge in [0.2, 0.25) is 11.8 Å². The molecular weight excluding hydrogens is 353 g/mol. The lowest BCUT2D eigenvalue weighted by Gasteiger charge is -2.30. The molecule has 0 radical (unpaired) electrons. The predicted octanol–water partition coefficient (Wildman–Crippen LogP) is 0.829. The van der Waals surface area contributed by atoms with Crippen LogP contribution in [0.5, 0.6) is 0 Å². The molecule has 1 aromatic carbocycles. The molecule has 0 spiro atoms. The third-order valence-electron chi connectivity index (χ3n) is 2.92. The van der Waals surface area contributed by atoms with Crippen LogP contribution < -0.4 is 11.1 Å². The van der Waals surface area contributed by atoms with Crippen LogP contribution in [0.3, 0.4) is 0 Å². The van der Waals surface area contributed by atoms with Crippen molar-refractivity contribution in [2.75, 3.05) is 0 Å². The van der Waals surface area contributed by atoms with Gasteiger partial charge in [0.1, 0.15) is 6.04 Å². The quantitative estimate of drug-likeness (QED) is 0.825. The van der Waals surface area contributed by atoms with Gasteiger partial charge in [0.25, 0.3) is 10.0 Å². The summed E-state index contributed by atoms with van der Waals surface area (Å²) in [4.78, 5) is 22.7. The summed E-state index contributed by atoms with van der Waals surface area (Å²) in [6.45, 7) is 0. The first kappa shape index (κ1) is 16.6. The Balaban J connectivity index is 2.47. The smallest absolute Gasteiger partial charge is 0.264 e. The lowest BCUT2D eigenvalue weighted by Crippen LogP contribution is -2.50. The van der Waals surface area contributed by atoms with E-state index in [1.54, 1.807) is 0 Å². The lowest BCUT2D eigenvalue weighted by atomic mass is 10.2. The van der Waals surface area contributed by atoms with Gasteiger partial charge >= 0.3 is 0 Å². The van der Waals surface area contributed by atoms with E-state index in [0.29, 0.717) is 0 Å². The minimum Gasteiger partial charge on any atom is -0.370 e. The number of sulfonamides is 1. The number of carbonyl (C=O) groups excluding carboxylic acids is 2. The molecule has 118 valence electrons. The summed E-state index contributed by atoms with van der Waals surface area (Å²) in [5.74, 6) is -1.45. The van der Waals surface area contributed by atoms with Crippen molar-refractivity contribution in [1.82, 2.24) is 9.62 Å². The molecule has 3 N–H and O–H groups in total. The summed E-state index contributed by atoms with van der Waals surface area (Å²) < 4.78 is 26.0. The van der Waals surface area contributed by atoms with Crippen LogP contribution in [0.15, 0.2) is 35.5 Å². The first-order valence-electron chi connectivity index (χ1n) is 5.97. The van der Waals surface area contributed by atoms with Crippen LogP contribution in [0.2, 0.25) is 10.0 Å². The highest BCUT2D eigenvalue weighted by Crippen LogP contribution is 2.28. The fraction of sp³-hybridized carbons (Fsp3) is 0.167. The molecule has 0 fully saturated rings. The minimum absolute atomic E-state index is 0.0552. The second kappa shape index (κ2) is 6.15. The van der Waals surface area contributed by atoms with Crippen LogP contribution in [0.25, 0.3) is 0 Å². The lowest BCUT2D eigenvalue weighted by molar-refractivity contribution is -0.128. The SMILES string of the molecule is NC(=O)C[C@@H]1C(=O)NC=CN1S(=O)(=O)c1ccc(Cl)c(Cl)c1. The molecule has 1 aliphatic heterocycles. The molecule has 2 rings (SSSR count). The van der Waals surface area contributed by atoms with Gasteiger partial charge in [-0.05, 0) is 18.2 Å². The number of carbonyl (C=O) groups is 2. The summed E-state index contributed by atoms with van der Waals surface area (Å²) in [5, 5.41) is 2.58. The number of rotatable bonds is 4. The number of halogens is 2. The Morgan fingerprint density at radius 2 is 2.00 bits per heavy atom. The Morgan fingerprint density at radius 1 is 1.32 bits per heavy atom. The van der Waals surface area contributed by atoms with Crippen molar-refractivity contribution in [3.63, 3.8) is 0 Å². The van der Waals surface area contributed by atoms with Crippen molar-refractivity contribution in [3.05, 3.63) is 40.6 Å². The van der Waals surface area contributed by atoms with Crippen LogP contribution in [-0.4, -0.2) is 30.6 Å². The van der Waals surface area contributed by atoms with Crippen molar-refractivity contribution >= 4 is 45.0 Å². The zero-order valence-corrected chi connectivity index (χ0v) is 13.3. The highest BCUT2D eigenvalue weighted by Gasteiger charge is 2.36. The van der Waals surface area contributed by atoms with E-state index in [1.807, 2.05) is 0 Å². The number of hydrogen-bond acceptors (Lipinski definition) is 4. The Hall–Kier alpha value is -1.77. The van der Waals surface area contributed by atoms with Crippen molar-refractivity contribution < 1.29 is 18.0 Å². The number of nitrogens with one attached hydrogen (secondary N) is 1. The maximum atomic E-state index is 12.6. The molecule has 10 heteroatoms. The molecule has 0 bridgehead atoms. The maximum Gasteiger partial charge on any atom is 0.264 e. The van der Waals surface area contributed by atoms with Gasteiger partial charge in [-0.1, -0.05) is 23.2 Å². The van der Waals surface area contributed by atoms with E-state index in [0.717, 1.165) is 16.7 Å². The molecular formula is C12H11Cl2N3O4S. The van der Waals surface area contributed by atoms with Gasteiger partial charge in [-0.3, -0.25) is 13.9 Å². The summed E-state index contributed by atoms with van der Waals surface area (Å²) >= 11 is 11.6. The molecule has 0 aliphatic carbocycles. The Kier molecular flexibility index (Phi) is 4.64. The second-order valence-corrected chi connectivity index (χ2v) is 7.08. The van der Waals surface area contributed by atoms with Crippen molar-refractivity contribution in [2.45, 2.75) is 17.4 Å². The monoisotopic (exact) mass is 363 g/mol. The maximum absolute atomic E-state index is 12.6. The molecule has 1 aliphatic rings. The second-order valence-electron chi connectivity index (χ2n) is 4.42. The van der Waals surface area contributed by atoms with Gasteiger partial charge in [0.05, 0.1) is 21.4 Å². The third-order valence-corrected chi connectivity index (χ3v) is 5.44. The van der Waals surface area contributed by atoms with Crippen LogP contribution in [0.4, 0.5) is 0 Å². The topological polar surface area (TPSA) is 110 Å². The van der Waals surface area contributed by atoms with E-state index in [4.69, 9.17) is 28.9 Å². The summed E-state index contributed by atoms with van der Waals surface area (Å²) in [6, 6.07) is 2.49. The molecule has 0 saturated heterocycles. The number of benzene rings is 1. The number of nitrogens with two attached hydrogens (primary N) is 1. The largest absolute Gasteiger partial charge is 0.370 e. The summed E-state index contributed by atoms with van der Waals surface area (Å²) in [7, 11) is -4.09. The highest BCUT2D eigenvalue weighted by molar-refractivity contribution is 7.89. The van der Waals surface area contributed by atoms with Crippen LogP contribution >= 0.6 is 23.2 Å². The average Bonchev–Trinajstić information content (AvgIpc) is 2.43. The highest BCUT2D eigenvalue weighted by atomic mass is 35.5. The third kappa shape index (κ3) is 3.18. The average molecular weight is 364 g/mol. The molecule has 7 nitrogen and oxygen atoms in total. The fourth-order valence-electron chi connectivity index (χ4n) is 1.89. The normalized spacial score (nSPS) is 18.2. The van der Waals surface area contributed by atoms with Gasteiger partial charge in [0, 0.05) is 12.4 Å². The van der Waals surface area contributed by atoms with Crippen LogP contribution in [0.1, 0.15) is 6.42 Å². The standard InChI is InChI=1S/C12H11Cl2N3O4S/c13-8-2-1-7(5-9(8)14)22(20,21)17-4-3-16-12(19)10(17)6-11(15)18/h1-5,10H,6H2,(H2,15,18)(H,16,19)/t10-/m1/s1. The van der Waals surface area contributed by atoms with Gasteiger partial charge in [-0.15, -0.1) is 0 Å². The Bertz CT molecular complexity index is 764. The first-order chi connectivity index (χ1) is 10.2. The van der Waals surface area contributed by atoms with E-state index >= 15 is 0 Å². The van der Waals surface area contributed by atoms with E-state index < -0.39 is 34.3 Å². The van der Waals surface area contributed by atoms with Gasteiger partial charge in [-0.25, -0.2) is 8.42 Å². The van der Waals surface area contributed by atoms with E-state index in [1.165, 1.54) is 18.2 Å². The molecule has 0 saturated carbocycles. The van der Waals surface area contributed by atoms with Gasteiger partial charge in [-0.2, -0.15) is 0 Å². The summed E-state index contributed by atoms with van der Waals surface area (Å²) in [5.41, 5.74) is 5.07. The zero-order valence-electron chi connectivity index (χ0n) is 11.0. The van der Waals surface area contributed by atoms with E-state index in [-0.39, 0.29) is 14.9 Å². The van der Waals surface area contributed by atoms with Crippen molar-refractivity contribution in [2.24, 2.45) is 5.73 Å². The molecule has 22 heavy (non-hydrogen) atoms. The van der Waals surface area contributed by atoms with E-state index in [9.17, 15) is 18.0 Å².